The quantitative estimate of drug-likeness (QED) is 0.806. The van der Waals surface area contributed by atoms with Crippen LogP contribution in [0, 0.1) is 0 Å². The van der Waals surface area contributed by atoms with Crippen molar-refractivity contribution in [3.63, 3.8) is 0 Å². The molecule has 2 rings (SSSR count). The number of carbonyl (C=O) groups is 1. The Morgan fingerprint density at radius 3 is 2.61 bits per heavy atom. The molecule has 18 heavy (non-hydrogen) atoms. The van der Waals surface area contributed by atoms with Gasteiger partial charge in [-0.05, 0) is 24.0 Å². The van der Waals surface area contributed by atoms with Crippen molar-refractivity contribution in [1.82, 2.24) is 0 Å². The number of esters is 1. The SMILES string of the molecule is COCC1(c2ccccc2C(O)C(=O)OC)CC1. The van der Waals surface area contributed by atoms with Gasteiger partial charge in [0.2, 0.25) is 0 Å². The lowest BCUT2D eigenvalue weighted by atomic mass is 9.89. The van der Waals surface area contributed by atoms with E-state index in [2.05, 4.69) is 4.74 Å². The molecule has 0 radical (unpaired) electrons. The molecule has 98 valence electrons. The summed E-state index contributed by atoms with van der Waals surface area (Å²) in [7, 11) is 2.94. The van der Waals surface area contributed by atoms with Crippen molar-refractivity contribution in [2.45, 2.75) is 24.4 Å². The summed E-state index contributed by atoms with van der Waals surface area (Å²) >= 11 is 0. The van der Waals surface area contributed by atoms with E-state index in [0.717, 1.165) is 18.4 Å². The summed E-state index contributed by atoms with van der Waals surface area (Å²) in [5, 5.41) is 10.0. The van der Waals surface area contributed by atoms with E-state index in [1.54, 1.807) is 13.2 Å². The molecular formula is C14H18O4. The second kappa shape index (κ2) is 5.08. The Kier molecular flexibility index (Phi) is 3.68. The summed E-state index contributed by atoms with van der Waals surface area (Å²) in [6.07, 6.45) is 0.817. The smallest absolute Gasteiger partial charge is 0.339 e. The third-order valence-electron chi connectivity index (χ3n) is 3.53. The topological polar surface area (TPSA) is 55.8 Å². The fourth-order valence-electron chi connectivity index (χ4n) is 2.38. The van der Waals surface area contributed by atoms with Crippen LogP contribution in [0.1, 0.15) is 30.1 Å². The van der Waals surface area contributed by atoms with Gasteiger partial charge in [-0.2, -0.15) is 0 Å². The van der Waals surface area contributed by atoms with Gasteiger partial charge in [0, 0.05) is 12.5 Å². The van der Waals surface area contributed by atoms with Crippen LogP contribution in [0.2, 0.25) is 0 Å². The van der Waals surface area contributed by atoms with Crippen LogP contribution in [-0.2, 0) is 19.7 Å². The molecule has 1 aliphatic carbocycles. The molecule has 0 saturated heterocycles. The van der Waals surface area contributed by atoms with Gasteiger partial charge in [-0.3, -0.25) is 0 Å². The Morgan fingerprint density at radius 2 is 2.06 bits per heavy atom. The molecule has 1 aromatic rings. The van der Waals surface area contributed by atoms with E-state index in [-0.39, 0.29) is 5.41 Å². The van der Waals surface area contributed by atoms with Crippen LogP contribution in [0.25, 0.3) is 0 Å². The fraction of sp³-hybridized carbons (Fsp3) is 0.500. The fourth-order valence-corrected chi connectivity index (χ4v) is 2.38. The van der Waals surface area contributed by atoms with Gasteiger partial charge in [-0.25, -0.2) is 4.79 Å². The first-order valence-electron chi connectivity index (χ1n) is 5.99. The number of benzene rings is 1. The van der Waals surface area contributed by atoms with Gasteiger partial charge in [-0.1, -0.05) is 24.3 Å². The Bertz CT molecular complexity index is 437. The molecule has 1 saturated carbocycles. The minimum Gasteiger partial charge on any atom is -0.467 e. The van der Waals surface area contributed by atoms with E-state index in [1.165, 1.54) is 7.11 Å². The molecule has 1 aliphatic rings. The summed E-state index contributed by atoms with van der Waals surface area (Å²) in [6, 6.07) is 7.45. The first-order chi connectivity index (χ1) is 8.64. The molecule has 0 aliphatic heterocycles. The number of aliphatic hydroxyl groups excluding tert-OH is 1. The number of hydrogen-bond donors (Lipinski definition) is 1. The van der Waals surface area contributed by atoms with E-state index in [4.69, 9.17) is 4.74 Å². The third kappa shape index (κ3) is 2.26. The molecule has 0 spiro atoms. The van der Waals surface area contributed by atoms with Gasteiger partial charge >= 0.3 is 5.97 Å². The van der Waals surface area contributed by atoms with E-state index < -0.39 is 12.1 Å². The second-order valence-electron chi connectivity index (χ2n) is 4.73. The lowest BCUT2D eigenvalue weighted by Gasteiger charge is -2.20. The number of hydrogen-bond acceptors (Lipinski definition) is 4. The van der Waals surface area contributed by atoms with Crippen molar-refractivity contribution in [2.24, 2.45) is 0 Å². The predicted molar refractivity (Wildman–Crippen MR) is 66.2 cm³/mol. The second-order valence-corrected chi connectivity index (χ2v) is 4.73. The molecule has 4 nitrogen and oxygen atoms in total. The number of rotatable bonds is 5. The van der Waals surface area contributed by atoms with Crippen LogP contribution in [-0.4, -0.2) is 31.9 Å². The molecule has 4 heteroatoms. The van der Waals surface area contributed by atoms with Crippen molar-refractivity contribution < 1.29 is 19.4 Å². The molecule has 1 unspecified atom stereocenters. The molecule has 0 amide bonds. The van der Waals surface area contributed by atoms with Crippen molar-refractivity contribution in [2.75, 3.05) is 20.8 Å². The van der Waals surface area contributed by atoms with Crippen LogP contribution in [0.4, 0.5) is 0 Å². The standard InChI is InChI=1S/C14H18O4/c1-17-9-14(7-8-14)11-6-4-3-5-10(11)12(15)13(16)18-2/h3-6,12,15H,7-9H2,1-2H3. The number of carbonyl (C=O) groups excluding carboxylic acids is 1. The van der Waals surface area contributed by atoms with E-state index in [1.807, 2.05) is 18.2 Å². The summed E-state index contributed by atoms with van der Waals surface area (Å²) in [5.74, 6) is -0.629. The molecule has 1 atom stereocenters. The van der Waals surface area contributed by atoms with E-state index >= 15 is 0 Å². The highest BCUT2D eigenvalue weighted by molar-refractivity contribution is 5.77. The largest absolute Gasteiger partial charge is 0.467 e. The molecular weight excluding hydrogens is 232 g/mol. The van der Waals surface area contributed by atoms with Crippen LogP contribution in [0.5, 0.6) is 0 Å². The average molecular weight is 250 g/mol. The Balaban J connectivity index is 2.34. The highest BCUT2D eigenvalue weighted by Crippen LogP contribution is 2.50. The minimum atomic E-state index is -1.22. The molecule has 1 fully saturated rings. The highest BCUT2D eigenvalue weighted by Gasteiger charge is 2.46. The Morgan fingerprint density at radius 1 is 1.39 bits per heavy atom. The molecule has 0 bridgehead atoms. The summed E-state index contributed by atoms with van der Waals surface area (Å²) in [5.41, 5.74) is 1.57. The lowest BCUT2D eigenvalue weighted by Crippen LogP contribution is -2.21. The van der Waals surface area contributed by atoms with E-state index in [0.29, 0.717) is 12.2 Å². The van der Waals surface area contributed by atoms with Crippen molar-refractivity contribution in [3.05, 3.63) is 35.4 Å². The zero-order valence-electron chi connectivity index (χ0n) is 10.7. The number of ether oxygens (including phenoxy) is 2. The Labute approximate surface area is 107 Å². The summed E-state index contributed by atoms with van der Waals surface area (Å²) < 4.78 is 9.84. The number of aliphatic hydroxyl groups is 1. The first kappa shape index (κ1) is 13.1. The maximum Gasteiger partial charge on any atom is 0.339 e. The number of methoxy groups -OCH3 is 2. The van der Waals surface area contributed by atoms with Gasteiger partial charge in [0.15, 0.2) is 6.10 Å². The van der Waals surface area contributed by atoms with Crippen molar-refractivity contribution in [1.29, 1.82) is 0 Å². The monoisotopic (exact) mass is 250 g/mol. The van der Waals surface area contributed by atoms with Gasteiger partial charge in [0.05, 0.1) is 13.7 Å². The third-order valence-corrected chi connectivity index (χ3v) is 3.53. The molecule has 1 aromatic carbocycles. The Hall–Kier alpha value is -1.39. The molecule has 1 N–H and O–H groups in total. The zero-order valence-corrected chi connectivity index (χ0v) is 10.7. The average Bonchev–Trinajstić information content (AvgIpc) is 3.18. The van der Waals surface area contributed by atoms with E-state index in [9.17, 15) is 9.90 Å². The minimum absolute atomic E-state index is 0.0413. The zero-order chi connectivity index (χ0) is 13.2. The lowest BCUT2D eigenvalue weighted by molar-refractivity contribution is -0.150. The van der Waals surface area contributed by atoms with Crippen molar-refractivity contribution in [3.8, 4) is 0 Å². The van der Waals surface area contributed by atoms with Gasteiger partial charge < -0.3 is 14.6 Å². The first-order valence-corrected chi connectivity index (χ1v) is 5.99. The normalized spacial score (nSPS) is 18.2. The predicted octanol–water partition coefficient (Wildman–Crippen LogP) is 1.57. The summed E-state index contributed by atoms with van der Waals surface area (Å²) in [6.45, 7) is 0.609. The van der Waals surface area contributed by atoms with Crippen LogP contribution in [0.3, 0.4) is 0 Å². The maximum absolute atomic E-state index is 11.5. The summed E-state index contributed by atoms with van der Waals surface area (Å²) in [4.78, 5) is 11.5. The van der Waals surface area contributed by atoms with Gasteiger partial charge in [0.1, 0.15) is 0 Å². The van der Waals surface area contributed by atoms with Gasteiger partial charge in [0.25, 0.3) is 0 Å². The van der Waals surface area contributed by atoms with Crippen molar-refractivity contribution >= 4 is 5.97 Å². The molecule has 0 aromatic heterocycles. The maximum atomic E-state index is 11.5. The van der Waals surface area contributed by atoms with Crippen LogP contribution >= 0.6 is 0 Å². The van der Waals surface area contributed by atoms with Crippen LogP contribution in [0.15, 0.2) is 24.3 Å². The van der Waals surface area contributed by atoms with Crippen LogP contribution < -0.4 is 0 Å². The highest BCUT2D eigenvalue weighted by atomic mass is 16.5. The molecule has 0 heterocycles. The van der Waals surface area contributed by atoms with Gasteiger partial charge in [-0.15, -0.1) is 0 Å².